The molecule has 0 aliphatic carbocycles. The topological polar surface area (TPSA) is 59.1 Å². The average Bonchev–Trinajstić information content (AvgIpc) is 2.35. The van der Waals surface area contributed by atoms with Gasteiger partial charge in [0, 0.05) is 6.20 Å². The molecule has 0 amide bonds. The number of nitrogen functional groups attached to an aromatic ring is 1. The first-order valence-electron chi connectivity index (χ1n) is 5.22. The van der Waals surface area contributed by atoms with E-state index in [1.165, 1.54) is 12.1 Å². The molecule has 0 radical (unpaired) electrons. The van der Waals surface area contributed by atoms with Gasteiger partial charge >= 0.3 is 6.18 Å². The van der Waals surface area contributed by atoms with E-state index in [2.05, 4.69) is 4.98 Å². The monoisotopic (exact) mass is 322 g/mol. The number of benzene rings is 1. The number of hydrogen-bond donors (Lipinski definition) is 2. The molecule has 0 spiro atoms. The molecule has 0 atom stereocenters. The fourth-order valence-electron chi connectivity index (χ4n) is 1.58. The minimum Gasteiger partial charge on any atom is -0.505 e. The Balaban J connectivity index is 2.64. The number of halogens is 5. The van der Waals surface area contributed by atoms with Crippen molar-refractivity contribution in [2.24, 2.45) is 0 Å². The number of nitrogens with two attached hydrogens (primary N) is 1. The Kier molecular flexibility index (Phi) is 3.71. The largest absolute Gasteiger partial charge is 0.505 e. The third kappa shape index (κ3) is 2.62. The number of aromatic nitrogens is 1. The van der Waals surface area contributed by atoms with E-state index in [0.717, 1.165) is 0 Å². The standard InChI is InChI=1S/C12H7Cl2F3N2O/c13-6-1-2-8(18)11(20)9(6)10-7(14)3-5(4-19-10)12(15,16)17/h1-4,20H,18H2. The number of hydrogen-bond acceptors (Lipinski definition) is 3. The summed E-state index contributed by atoms with van der Waals surface area (Å²) in [6.45, 7) is 0. The number of rotatable bonds is 1. The minimum absolute atomic E-state index is 0.00890. The van der Waals surface area contributed by atoms with Crippen LogP contribution in [0.1, 0.15) is 5.56 Å². The first-order valence-corrected chi connectivity index (χ1v) is 5.97. The van der Waals surface area contributed by atoms with Gasteiger partial charge in [-0.25, -0.2) is 0 Å². The Bertz CT molecular complexity index is 674. The third-order valence-corrected chi connectivity index (χ3v) is 3.17. The number of alkyl halides is 3. The zero-order valence-electron chi connectivity index (χ0n) is 9.67. The summed E-state index contributed by atoms with van der Waals surface area (Å²) in [5, 5.41) is 9.64. The van der Waals surface area contributed by atoms with Crippen LogP contribution in [0.4, 0.5) is 18.9 Å². The Labute approximate surface area is 121 Å². The van der Waals surface area contributed by atoms with Crippen molar-refractivity contribution in [3.05, 3.63) is 40.0 Å². The maximum Gasteiger partial charge on any atom is 0.417 e. The molecule has 0 fully saturated rings. The molecule has 0 unspecified atom stereocenters. The Hall–Kier alpha value is -1.66. The average molecular weight is 323 g/mol. The van der Waals surface area contributed by atoms with Crippen LogP contribution in [0, 0.1) is 0 Å². The molecule has 1 aromatic carbocycles. The molecule has 3 N–H and O–H groups in total. The van der Waals surface area contributed by atoms with Crippen molar-refractivity contribution in [1.29, 1.82) is 0 Å². The number of phenols is 1. The Morgan fingerprint density at radius 1 is 1.15 bits per heavy atom. The zero-order chi connectivity index (χ0) is 15.1. The SMILES string of the molecule is Nc1ccc(Cl)c(-c2ncc(C(F)(F)F)cc2Cl)c1O. The highest BCUT2D eigenvalue weighted by atomic mass is 35.5. The van der Waals surface area contributed by atoms with Crippen LogP contribution in [0.2, 0.25) is 10.0 Å². The van der Waals surface area contributed by atoms with Gasteiger partial charge in [0.25, 0.3) is 0 Å². The molecule has 0 saturated carbocycles. The first-order chi connectivity index (χ1) is 9.21. The van der Waals surface area contributed by atoms with Crippen LogP contribution >= 0.6 is 23.2 Å². The zero-order valence-corrected chi connectivity index (χ0v) is 11.2. The van der Waals surface area contributed by atoms with E-state index in [-0.39, 0.29) is 32.7 Å². The van der Waals surface area contributed by atoms with Crippen LogP contribution in [0.3, 0.4) is 0 Å². The van der Waals surface area contributed by atoms with Crippen molar-refractivity contribution >= 4 is 28.9 Å². The van der Waals surface area contributed by atoms with Gasteiger partial charge in [0.2, 0.25) is 0 Å². The summed E-state index contributed by atoms with van der Waals surface area (Å²) in [5.74, 6) is -0.383. The van der Waals surface area contributed by atoms with E-state index >= 15 is 0 Å². The van der Waals surface area contributed by atoms with Crippen LogP contribution in [-0.2, 0) is 6.18 Å². The van der Waals surface area contributed by atoms with Crippen molar-refractivity contribution < 1.29 is 18.3 Å². The van der Waals surface area contributed by atoms with Crippen molar-refractivity contribution in [3.63, 3.8) is 0 Å². The van der Waals surface area contributed by atoms with Crippen LogP contribution in [0.15, 0.2) is 24.4 Å². The fraction of sp³-hybridized carbons (Fsp3) is 0.0833. The van der Waals surface area contributed by atoms with Crippen molar-refractivity contribution in [3.8, 4) is 17.0 Å². The van der Waals surface area contributed by atoms with E-state index < -0.39 is 11.7 Å². The highest BCUT2D eigenvalue weighted by Gasteiger charge is 2.32. The van der Waals surface area contributed by atoms with Crippen molar-refractivity contribution in [1.82, 2.24) is 4.98 Å². The molecule has 3 nitrogen and oxygen atoms in total. The normalized spacial score (nSPS) is 11.7. The molecule has 106 valence electrons. The van der Waals surface area contributed by atoms with Crippen LogP contribution in [-0.4, -0.2) is 10.1 Å². The third-order valence-electron chi connectivity index (χ3n) is 2.56. The van der Waals surface area contributed by atoms with Crippen LogP contribution < -0.4 is 5.73 Å². The van der Waals surface area contributed by atoms with Gasteiger partial charge in [-0.05, 0) is 18.2 Å². The molecular weight excluding hydrogens is 316 g/mol. The van der Waals surface area contributed by atoms with Gasteiger partial charge in [-0.3, -0.25) is 4.98 Å². The Morgan fingerprint density at radius 2 is 1.80 bits per heavy atom. The van der Waals surface area contributed by atoms with E-state index in [1.54, 1.807) is 0 Å². The van der Waals surface area contributed by atoms with Gasteiger partial charge in [0.1, 0.15) is 5.75 Å². The minimum atomic E-state index is -4.56. The molecule has 0 bridgehead atoms. The molecule has 1 aromatic heterocycles. The molecule has 2 rings (SSSR count). The number of anilines is 1. The maximum absolute atomic E-state index is 12.5. The van der Waals surface area contributed by atoms with Gasteiger partial charge in [0.05, 0.1) is 32.6 Å². The summed E-state index contributed by atoms with van der Waals surface area (Å²) in [7, 11) is 0. The number of nitrogens with zero attached hydrogens (tertiary/aromatic N) is 1. The first kappa shape index (κ1) is 14.7. The predicted octanol–water partition coefficient (Wildman–Crippen LogP) is 4.36. The summed E-state index contributed by atoms with van der Waals surface area (Å²) in [6, 6.07) is 3.46. The molecule has 2 aromatic rings. The highest BCUT2D eigenvalue weighted by molar-refractivity contribution is 6.36. The van der Waals surface area contributed by atoms with E-state index in [1.807, 2.05) is 0 Å². The second kappa shape index (κ2) is 5.03. The van der Waals surface area contributed by atoms with E-state index in [9.17, 15) is 18.3 Å². The predicted molar refractivity (Wildman–Crippen MR) is 70.8 cm³/mol. The Morgan fingerprint density at radius 3 is 2.35 bits per heavy atom. The lowest BCUT2D eigenvalue weighted by molar-refractivity contribution is -0.137. The van der Waals surface area contributed by atoms with Crippen LogP contribution in [0.5, 0.6) is 5.75 Å². The van der Waals surface area contributed by atoms with Crippen molar-refractivity contribution in [2.75, 3.05) is 5.73 Å². The van der Waals surface area contributed by atoms with Gasteiger partial charge in [-0.1, -0.05) is 23.2 Å². The van der Waals surface area contributed by atoms with Gasteiger partial charge in [0.15, 0.2) is 0 Å². The molecule has 0 aliphatic heterocycles. The maximum atomic E-state index is 12.5. The van der Waals surface area contributed by atoms with Gasteiger partial charge in [-0.15, -0.1) is 0 Å². The van der Waals surface area contributed by atoms with Gasteiger partial charge < -0.3 is 10.8 Å². The quantitative estimate of drug-likeness (QED) is 0.605. The molecule has 8 heteroatoms. The summed E-state index contributed by atoms with van der Waals surface area (Å²) in [6.07, 6.45) is -3.95. The summed E-state index contributed by atoms with van der Waals surface area (Å²) in [4.78, 5) is 3.63. The fourth-order valence-corrected chi connectivity index (χ4v) is 2.09. The lowest BCUT2D eigenvalue weighted by atomic mass is 10.1. The smallest absolute Gasteiger partial charge is 0.417 e. The summed E-state index contributed by atoms with van der Waals surface area (Å²) >= 11 is 11.7. The van der Waals surface area contributed by atoms with Crippen LogP contribution in [0.25, 0.3) is 11.3 Å². The summed E-state index contributed by atoms with van der Waals surface area (Å²) < 4.78 is 37.6. The second-order valence-electron chi connectivity index (χ2n) is 3.91. The lowest BCUT2D eigenvalue weighted by Crippen LogP contribution is -2.06. The number of aromatic hydroxyl groups is 1. The van der Waals surface area contributed by atoms with Crippen molar-refractivity contribution in [2.45, 2.75) is 6.18 Å². The highest BCUT2D eigenvalue weighted by Crippen LogP contribution is 2.42. The molecule has 0 aliphatic rings. The summed E-state index contributed by atoms with van der Waals surface area (Å²) in [5.41, 5.74) is 4.45. The molecular formula is C12H7Cl2F3N2O. The van der Waals surface area contributed by atoms with Gasteiger partial charge in [-0.2, -0.15) is 13.2 Å². The van der Waals surface area contributed by atoms with E-state index in [4.69, 9.17) is 28.9 Å². The second-order valence-corrected chi connectivity index (χ2v) is 4.73. The lowest BCUT2D eigenvalue weighted by Gasteiger charge is -2.12. The molecule has 20 heavy (non-hydrogen) atoms. The molecule has 0 saturated heterocycles. The molecule has 1 heterocycles. The number of pyridine rings is 1. The van der Waals surface area contributed by atoms with E-state index in [0.29, 0.717) is 12.3 Å². The number of phenolic OH excluding ortho intramolecular Hbond substituents is 1.